The molecule has 2 aliphatic rings. The Bertz CT molecular complexity index is 1730. The van der Waals surface area contributed by atoms with Crippen LogP contribution in [0.25, 0.3) is 50.7 Å². The van der Waals surface area contributed by atoms with E-state index < -0.39 is 5.60 Å². The van der Waals surface area contributed by atoms with Gasteiger partial charge in [-0.15, -0.1) is 45.3 Å². The lowest BCUT2D eigenvalue weighted by Gasteiger charge is -2.40. The third-order valence-electron chi connectivity index (χ3n) is 6.10. The zero-order valence-corrected chi connectivity index (χ0v) is 21.2. The summed E-state index contributed by atoms with van der Waals surface area (Å²) in [5.41, 5.74) is 0.793. The molecule has 7 nitrogen and oxygen atoms in total. The van der Waals surface area contributed by atoms with Gasteiger partial charge in [0, 0.05) is 5.56 Å². The summed E-state index contributed by atoms with van der Waals surface area (Å²) in [7, 11) is 0. The van der Waals surface area contributed by atoms with Crippen LogP contribution in [-0.2, 0) is 5.60 Å². The fraction of sp³-hybridized carbons (Fsp3) is 0.250. The lowest BCUT2D eigenvalue weighted by Crippen LogP contribution is -2.37. The monoisotopic (exact) mass is 528 g/mol. The summed E-state index contributed by atoms with van der Waals surface area (Å²) in [6, 6.07) is 3.81. The number of hydrogen-bond donors (Lipinski definition) is 0. The number of thiophene rings is 2. The molecule has 11 heteroatoms. The highest BCUT2D eigenvalue weighted by atomic mass is 32.1. The van der Waals surface area contributed by atoms with Crippen molar-refractivity contribution in [2.75, 3.05) is 0 Å². The topological polar surface area (TPSA) is 91.3 Å². The number of allylic oxidation sites excluding steroid dienone is 2. The summed E-state index contributed by atoms with van der Waals surface area (Å²) in [4.78, 5) is 19.9. The first-order valence-corrected chi connectivity index (χ1v) is 13.9. The maximum Gasteiger partial charge on any atom is 0.264 e. The first kappa shape index (κ1) is 21.9. The summed E-state index contributed by atoms with van der Waals surface area (Å²) in [6.07, 6.45) is 8.25. The van der Waals surface area contributed by atoms with Crippen molar-refractivity contribution < 1.29 is 4.74 Å². The molecule has 35 heavy (non-hydrogen) atoms. The SMILES string of the molecule is [C-]#[N+]/C(C#N)=C\c1nc2sc3c(c2s1)OC1(CCCCC1)c1c-3sc2nc(/C=C(\C#N)[N+]#[C-])sc12. The van der Waals surface area contributed by atoms with Crippen LogP contribution in [0.1, 0.15) is 47.7 Å². The van der Waals surface area contributed by atoms with Gasteiger partial charge in [0.05, 0.1) is 39.7 Å². The van der Waals surface area contributed by atoms with Gasteiger partial charge in [-0.2, -0.15) is 0 Å². The predicted molar refractivity (Wildman–Crippen MR) is 140 cm³/mol. The third-order valence-corrected chi connectivity index (χ3v) is 10.7. The fourth-order valence-electron chi connectivity index (χ4n) is 4.65. The lowest BCUT2D eigenvalue weighted by molar-refractivity contribution is 0.0282. The summed E-state index contributed by atoms with van der Waals surface area (Å²) < 4.78 is 8.95. The van der Waals surface area contributed by atoms with E-state index in [1.807, 2.05) is 12.1 Å². The molecule has 1 spiro atoms. The van der Waals surface area contributed by atoms with E-state index in [0.29, 0.717) is 10.0 Å². The minimum atomic E-state index is -0.438. The van der Waals surface area contributed by atoms with E-state index in [1.54, 1.807) is 28.7 Å². The molecule has 0 radical (unpaired) electrons. The Balaban J connectivity index is 1.55. The molecule has 1 saturated carbocycles. The molecule has 168 valence electrons. The molecule has 6 rings (SSSR count). The normalized spacial score (nSPS) is 16.7. The van der Waals surface area contributed by atoms with Crippen LogP contribution < -0.4 is 4.74 Å². The number of fused-ring (bicyclic) bond motifs is 8. The summed E-state index contributed by atoms with van der Waals surface area (Å²) >= 11 is 6.17. The Kier molecular flexibility index (Phi) is 5.18. The smallest absolute Gasteiger partial charge is 0.264 e. The average molecular weight is 529 g/mol. The van der Waals surface area contributed by atoms with Gasteiger partial charge >= 0.3 is 0 Å². The van der Waals surface area contributed by atoms with Crippen molar-refractivity contribution in [3.63, 3.8) is 0 Å². The molecule has 1 aliphatic heterocycles. The number of nitrogens with zero attached hydrogens (tertiary/aromatic N) is 6. The van der Waals surface area contributed by atoms with E-state index in [0.717, 1.165) is 55.4 Å². The Morgan fingerprint density at radius 1 is 0.857 bits per heavy atom. The molecule has 0 N–H and O–H groups in total. The van der Waals surface area contributed by atoms with Gasteiger partial charge in [-0.25, -0.2) is 30.2 Å². The van der Waals surface area contributed by atoms with Gasteiger partial charge in [-0.3, -0.25) is 0 Å². The minimum Gasteiger partial charge on any atom is -0.479 e. The van der Waals surface area contributed by atoms with Gasteiger partial charge < -0.3 is 4.74 Å². The van der Waals surface area contributed by atoms with Crippen LogP contribution in [0.3, 0.4) is 0 Å². The number of rotatable bonds is 2. The summed E-state index contributed by atoms with van der Waals surface area (Å²) in [6.45, 7) is 14.3. The van der Waals surface area contributed by atoms with Crippen LogP contribution >= 0.6 is 45.3 Å². The lowest BCUT2D eigenvalue weighted by atomic mass is 9.78. The molecule has 1 fully saturated rings. The largest absolute Gasteiger partial charge is 0.479 e. The molecular formula is C24H12N6OS4. The summed E-state index contributed by atoms with van der Waals surface area (Å²) in [5.74, 6) is 0.853. The Morgan fingerprint density at radius 2 is 1.43 bits per heavy atom. The second-order valence-electron chi connectivity index (χ2n) is 8.10. The van der Waals surface area contributed by atoms with Crippen molar-refractivity contribution in [1.82, 2.24) is 9.97 Å². The molecule has 0 unspecified atom stereocenters. The van der Waals surface area contributed by atoms with Crippen molar-refractivity contribution in [2.24, 2.45) is 0 Å². The fourth-order valence-corrected chi connectivity index (χ4v) is 9.64. The van der Waals surface area contributed by atoms with E-state index in [1.165, 1.54) is 45.6 Å². The van der Waals surface area contributed by atoms with Crippen molar-refractivity contribution in [3.05, 3.63) is 49.8 Å². The minimum absolute atomic E-state index is 0.0134. The van der Waals surface area contributed by atoms with Crippen molar-refractivity contribution in [1.29, 1.82) is 10.5 Å². The van der Waals surface area contributed by atoms with E-state index in [2.05, 4.69) is 14.7 Å². The predicted octanol–water partition coefficient (Wildman–Crippen LogP) is 7.82. The standard InChI is InChI=1S/C24H12N6OS4/c1-27-12(10-25)8-14-29-22-19(32-14)16-18(34-22)20-17(31-24(16)6-4-3-5-7-24)21-23(35-20)30-15(33-21)9-13(11-26)28-2/h8-9H,3-7H2/b12-8+,13-9-. The Morgan fingerprint density at radius 3 is 2.03 bits per heavy atom. The third kappa shape index (κ3) is 3.37. The second-order valence-corrected chi connectivity index (χ2v) is 12.2. The molecule has 5 heterocycles. The number of thiazole rings is 2. The Labute approximate surface area is 216 Å². The van der Waals surface area contributed by atoms with Crippen LogP contribution in [0, 0.1) is 35.8 Å². The second kappa shape index (κ2) is 8.27. The zero-order chi connectivity index (χ0) is 24.2. The van der Waals surface area contributed by atoms with Gasteiger partial charge in [-0.05, 0) is 37.8 Å². The first-order valence-electron chi connectivity index (χ1n) is 10.6. The molecule has 0 bridgehead atoms. The maximum atomic E-state index is 9.15. The summed E-state index contributed by atoms with van der Waals surface area (Å²) in [5, 5.41) is 19.6. The molecule has 1 aliphatic carbocycles. The van der Waals surface area contributed by atoms with Gasteiger partial charge in [0.25, 0.3) is 11.4 Å². The molecule has 0 saturated heterocycles. The van der Waals surface area contributed by atoms with Crippen molar-refractivity contribution in [3.8, 4) is 27.6 Å². The van der Waals surface area contributed by atoms with Crippen LogP contribution in [0.5, 0.6) is 5.75 Å². The van der Waals surface area contributed by atoms with Crippen LogP contribution in [-0.4, -0.2) is 9.97 Å². The highest BCUT2D eigenvalue weighted by molar-refractivity contribution is 7.34. The van der Waals surface area contributed by atoms with Gasteiger partial charge in [0.15, 0.2) is 5.75 Å². The Hall–Kier alpha value is -3.58. The molecular weight excluding hydrogens is 517 g/mol. The van der Waals surface area contributed by atoms with Crippen molar-refractivity contribution in [2.45, 2.75) is 37.7 Å². The molecule has 0 amide bonds. The van der Waals surface area contributed by atoms with Crippen LogP contribution in [0.2, 0.25) is 0 Å². The number of hydrogen-bond acceptors (Lipinski definition) is 9. The quantitative estimate of drug-likeness (QED) is 0.195. The maximum absolute atomic E-state index is 9.15. The first-order chi connectivity index (χ1) is 17.1. The highest BCUT2D eigenvalue weighted by Gasteiger charge is 2.46. The van der Waals surface area contributed by atoms with E-state index in [9.17, 15) is 0 Å². The van der Waals surface area contributed by atoms with Crippen LogP contribution in [0.4, 0.5) is 0 Å². The molecule has 0 aromatic carbocycles. The molecule has 4 aromatic rings. The van der Waals surface area contributed by atoms with Crippen molar-refractivity contribution >= 4 is 76.6 Å². The average Bonchev–Trinajstić information content (AvgIpc) is 3.61. The van der Waals surface area contributed by atoms with Gasteiger partial charge in [-0.1, -0.05) is 6.42 Å². The number of ether oxygens (including phenoxy) is 1. The van der Waals surface area contributed by atoms with E-state index in [4.69, 9.17) is 33.4 Å². The van der Waals surface area contributed by atoms with Gasteiger partial charge in [0.1, 0.15) is 30.0 Å². The molecule has 4 aromatic heterocycles. The van der Waals surface area contributed by atoms with E-state index in [-0.39, 0.29) is 11.4 Å². The molecule has 0 atom stereocenters. The number of nitriles is 2. The number of aromatic nitrogens is 2. The van der Waals surface area contributed by atoms with E-state index >= 15 is 0 Å². The van der Waals surface area contributed by atoms with Gasteiger partial charge in [0.2, 0.25) is 0 Å². The zero-order valence-electron chi connectivity index (χ0n) is 17.9. The van der Waals surface area contributed by atoms with Crippen LogP contribution in [0.15, 0.2) is 11.4 Å². The highest BCUT2D eigenvalue weighted by Crippen LogP contribution is 2.61.